The highest BCUT2D eigenvalue weighted by Crippen LogP contribution is 2.35. The Balaban J connectivity index is 1.25. The van der Waals surface area contributed by atoms with Crippen molar-refractivity contribution in [2.45, 2.75) is 58.3 Å². The molecule has 0 radical (unpaired) electrons. The Kier molecular flexibility index (Phi) is 11.0. The number of aryl methyl sites for hydroxylation is 1. The van der Waals surface area contributed by atoms with Crippen LogP contribution in [0.5, 0.6) is 5.88 Å². The van der Waals surface area contributed by atoms with Gasteiger partial charge in [-0.05, 0) is 63.0 Å². The number of Topliss-reactive ketones (excluding diaryl/α,β-unsaturated/α-hetero) is 1. The molecular formula is C33H41N5O4S. The van der Waals surface area contributed by atoms with Crippen molar-refractivity contribution in [1.29, 1.82) is 0 Å². The predicted molar refractivity (Wildman–Crippen MR) is 172 cm³/mol. The lowest BCUT2D eigenvalue weighted by Crippen LogP contribution is -2.36. The number of morpholine rings is 1. The molecule has 228 valence electrons. The molecular weight excluding hydrogens is 562 g/mol. The Bertz CT molecular complexity index is 1470. The highest BCUT2D eigenvalue weighted by atomic mass is 32.1. The molecule has 0 spiro atoms. The number of rotatable bonds is 13. The summed E-state index contributed by atoms with van der Waals surface area (Å²) in [4.78, 5) is 35.0. The van der Waals surface area contributed by atoms with E-state index in [4.69, 9.17) is 29.5 Å². The summed E-state index contributed by atoms with van der Waals surface area (Å²) in [5, 5.41) is 9.03. The highest BCUT2D eigenvalue weighted by molar-refractivity contribution is 7.19. The molecule has 0 aliphatic carbocycles. The number of ketones is 1. The van der Waals surface area contributed by atoms with Crippen molar-refractivity contribution in [3.8, 4) is 17.3 Å². The van der Waals surface area contributed by atoms with Crippen molar-refractivity contribution in [2.24, 2.45) is 10.9 Å². The van der Waals surface area contributed by atoms with Gasteiger partial charge in [-0.15, -0.1) is 11.3 Å². The van der Waals surface area contributed by atoms with Gasteiger partial charge in [0.1, 0.15) is 0 Å². The smallest absolute Gasteiger partial charge is 0.212 e. The molecule has 1 fully saturated rings. The molecule has 1 N–H and O–H groups in total. The van der Waals surface area contributed by atoms with E-state index in [1.54, 1.807) is 30.8 Å². The van der Waals surface area contributed by atoms with Gasteiger partial charge >= 0.3 is 0 Å². The third-order valence-corrected chi connectivity index (χ3v) is 9.08. The number of nitrogens with zero attached hydrogens (tertiary/aromatic N) is 5. The second-order valence-corrected chi connectivity index (χ2v) is 12.3. The van der Waals surface area contributed by atoms with Crippen LogP contribution in [0.15, 0.2) is 53.3 Å². The molecule has 10 heteroatoms. The number of hydrogen-bond acceptors (Lipinski definition) is 10. The second kappa shape index (κ2) is 15.3. The standard InChI is InChI=1S/C33H41N5O4S/c1-23(9-12-26-7-4-3-6-24(21-34-26)29(40)8-5-17-39)10-13-27-20-28-31(43-27)33(38-15-18-42-19-16-38)37-32(36-28)25-11-14-30(41-2)35-22-25/h3,6,11,14,20-23,39H,4-5,7-10,12-13,15-19H2,1-2H3/b6-3-,24-21+,34-26+. The summed E-state index contributed by atoms with van der Waals surface area (Å²) >= 11 is 1.80. The van der Waals surface area contributed by atoms with E-state index in [1.165, 1.54) is 4.88 Å². The number of fused-ring (bicyclic) bond motifs is 1. The Morgan fingerprint density at radius 3 is 2.79 bits per heavy atom. The normalized spacial score (nSPS) is 19.6. The monoisotopic (exact) mass is 603 g/mol. The van der Waals surface area contributed by atoms with Crippen LogP contribution in [0.3, 0.4) is 0 Å². The molecule has 2 aliphatic heterocycles. The van der Waals surface area contributed by atoms with Gasteiger partial charge in [0.2, 0.25) is 5.88 Å². The fourth-order valence-corrected chi connectivity index (χ4v) is 6.38. The van der Waals surface area contributed by atoms with Gasteiger partial charge in [-0.25, -0.2) is 15.0 Å². The maximum Gasteiger partial charge on any atom is 0.212 e. The minimum absolute atomic E-state index is 0.0293. The number of aliphatic hydroxyl groups is 1. The first-order chi connectivity index (χ1) is 21.0. The topological polar surface area (TPSA) is 110 Å². The van der Waals surface area contributed by atoms with E-state index in [9.17, 15) is 4.79 Å². The fourth-order valence-electron chi connectivity index (χ4n) is 5.25. The number of carbonyl (C=O) groups is 1. The van der Waals surface area contributed by atoms with Crippen molar-refractivity contribution < 1.29 is 19.4 Å². The molecule has 0 saturated carbocycles. The van der Waals surface area contributed by atoms with Gasteiger partial charge in [0.05, 0.1) is 30.5 Å². The van der Waals surface area contributed by atoms with Crippen LogP contribution in [-0.4, -0.2) is 71.6 Å². The number of aliphatic imine (C=N–C) groups is 1. The molecule has 5 rings (SSSR count). The quantitative estimate of drug-likeness (QED) is 0.255. The molecule has 3 aromatic heterocycles. The zero-order chi connectivity index (χ0) is 30.0. The van der Waals surface area contributed by atoms with E-state index >= 15 is 0 Å². The third kappa shape index (κ3) is 8.34. The number of carbonyl (C=O) groups excluding carboxylic acids is 1. The van der Waals surface area contributed by atoms with Crippen LogP contribution < -0.4 is 9.64 Å². The van der Waals surface area contributed by atoms with E-state index in [0.29, 0.717) is 49.3 Å². The van der Waals surface area contributed by atoms with Gasteiger partial charge in [0.25, 0.3) is 0 Å². The van der Waals surface area contributed by atoms with E-state index in [2.05, 4.69) is 29.0 Å². The summed E-state index contributed by atoms with van der Waals surface area (Å²) in [6, 6.07) is 6.02. The maximum absolute atomic E-state index is 12.4. The molecule has 1 unspecified atom stereocenters. The average Bonchev–Trinajstić information content (AvgIpc) is 3.45. The largest absolute Gasteiger partial charge is 0.481 e. The van der Waals surface area contributed by atoms with E-state index < -0.39 is 0 Å². The molecule has 3 aromatic rings. The minimum Gasteiger partial charge on any atom is -0.481 e. The number of hydrogen-bond donors (Lipinski definition) is 1. The van der Waals surface area contributed by atoms with Crippen LogP contribution in [0.2, 0.25) is 0 Å². The van der Waals surface area contributed by atoms with E-state index in [0.717, 1.165) is 78.9 Å². The predicted octanol–water partition coefficient (Wildman–Crippen LogP) is 5.96. The molecule has 9 nitrogen and oxygen atoms in total. The Morgan fingerprint density at radius 2 is 2.02 bits per heavy atom. The number of thiophene rings is 1. The van der Waals surface area contributed by atoms with Gasteiger partial charge in [-0.1, -0.05) is 19.1 Å². The summed E-state index contributed by atoms with van der Waals surface area (Å²) in [5.74, 6) is 2.79. The van der Waals surface area contributed by atoms with Crippen LogP contribution >= 0.6 is 11.3 Å². The number of allylic oxidation sites excluding steroid dienone is 3. The SMILES string of the molecule is COc1ccc(-c2nc(N3CCOCC3)c3sc(CCC(C)CC/C4=N/C=C(C(=O)CCCO)\C=C/CC4)cc3n2)cn1. The fraction of sp³-hybridized carbons (Fsp3) is 0.485. The summed E-state index contributed by atoms with van der Waals surface area (Å²) in [6.45, 7) is 5.35. The Labute approximate surface area is 257 Å². The van der Waals surface area contributed by atoms with Gasteiger partial charge in [0, 0.05) is 66.3 Å². The van der Waals surface area contributed by atoms with Gasteiger partial charge < -0.3 is 19.5 Å². The van der Waals surface area contributed by atoms with Gasteiger partial charge in [-0.2, -0.15) is 0 Å². The summed E-state index contributed by atoms with van der Waals surface area (Å²) in [5.41, 5.74) is 3.62. The van der Waals surface area contributed by atoms with Crippen molar-refractivity contribution >= 4 is 38.9 Å². The molecule has 43 heavy (non-hydrogen) atoms. The maximum atomic E-state index is 12.4. The molecule has 0 bridgehead atoms. The lowest BCUT2D eigenvalue weighted by Gasteiger charge is -2.28. The Hall–Kier alpha value is -3.47. The zero-order valence-electron chi connectivity index (χ0n) is 25.1. The summed E-state index contributed by atoms with van der Waals surface area (Å²) in [7, 11) is 1.61. The first-order valence-electron chi connectivity index (χ1n) is 15.2. The number of methoxy groups -OCH3 is 1. The van der Waals surface area contributed by atoms with Crippen LogP contribution in [-0.2, 0) is 16.0 Å². The second-order valence-electron chi connectivity index (χ2n) is 11.1. The van der Waals surface area contributed by atoms with E-state index in [1.807, 2.05) is 18.2 Å². The van der Waals surface area contributed by atoms with Crippen molar-refractivity contribution in [1.82, 2.24) is 15.0 Å². The summed E-state index contributed by atoms with van der Waals surface area (Å²) < 4.78 is 12.0. The number of anilines is 1. The molecule has 2 aliphatic rings. The number of aliphatic hydroxyl groups excluding tert-OH is 1. The minimum atomic E-state index is 0.0293. The first kappa shape index (κ1) is 31.0. The van der Waals surface area contributed by atoms with Gasteiger partial charge in [0.15, 0.2) is 17.4 Å². The van der Waals surface area contributed by atoms with E-state index in [-0.39, 0.29) is 12.4 Å². The van der Waals surface area contributed by atoms with Crippen LogP contribution in [0.4, 0.5) is 5.82 Å². The van der Waals surface area contributed by atoms with Crippen LogP contribution in [0.1, 0.15) is 56.7 Å². The number of pyridine rings is 1. The molecule has 1 saturated heterocycles. The number of ether oxygens (including phenoxy) is 2. The zero-order valence-corrected chi connectivity index (χ0v) is 25.9. The molecule has 5 heterocycles. The van der Waals surface area contributed by atoms with Gasteiger partial charge in [-0.3, -0.25) is 9.79 Å². The number of aromatic nitrogens is 3. The van der Waals surface area contributed by atoms with Crippen LogP contribution in [0.25, 0.3) is 21.6 Å². The highest BCUT2D eigenvalue weighted by Gasteiger charge is 2.21. The van der Waals surface area contributed by atoms with Crippen molar-refractivity contribution in [2.75, 3.05) is 44.9 Å². The van der Waals surface area contributed by atoms with Crippen LogP contribution in [0, 0.1) is 5.92 Å². The third-order valence-electron chi connectivity index (χ3n) is 7.90. The Morgan fingerprint density at radius 1 is 1.19 bits per heavy atom. The van der Waals surface area contributed by atoms with Crippen molar-refractivity contribution in [3.63, 3.8) is 0 Å². The first-order valence-corrected chi connectivity index (χ1v) is 16.1. The molecule has 0 aromatic carbocycles. The molecule has 1 atom stereocenters. The van der Waals surface area contributed by atoms with Crippen molar-refractivity contribution in [3.05, 3.63) is 53.2 Å². The average molecular weight is 604 g/mol. The molecule has 0 amide bonds. The lowest BCUT2D eigenvalue weighted by molar-refractivity contribution is -0.115. The summed E-state index contributed by atoms with van der Waals surface area (Å²) in [6.07, 6.45) is 14.1. The lowest BCUT2D eigenvalue weighted by atomic mass is 9.96.